The van der Waals surface area contributed by atoms with Gasteiger partial charge in [0.05, 0.1) is 12.2 Å². The average molecular weight is 412 g/mol. The van der Waals surface area contributed by atoms with E-state index in [0.717, 1.165) is 22.3 Å². The molecule has 0 radical (unpaired) electrons. The van der Waals surface area contributed by atoms with E-state index in [4.69, 9.17) is 0 Å². The summed E-state index contributed by atoms with van der Waals surface area (Å²) in [7, 11) is 0. The predicted octanol–water partition coefficient (Wildman–Crippen LogP) is 2.53. The van der Waals surface area contributed by atoms with Gasteiger partial charge < -0.3 is 10.2 Å². The molecule has 1 N–H and O–H groups in total. The highest BCUT2D eigenvalue weighted by atomic mass is 32.2. The largest absolute Gasteiger partial charge is 0.304 e. The molecule has 2 heterocycles. The van der Waals surface area contributed by atoms with Crippen LogP contribution in [-0.2, 0) is 25.8 Å². The normalized spacial score (nSPS) is 20.1. The number of amides is 3. The number of hydrazone groups is 1. The average Bonchev–Trinajstić information content (AvgIpc) is 3.16. The molecular weight excluding hydrogens is 395 g/mol. The van der Waals surface area contributed by atoms with Crippen LogP contribution in [0.4, 0.5) is 10.1 Å². The van der Waals surface area contributed by atoms with Crippen molar-refractivity contribution >= 4 is 40.3 Å². The van der Waals surface area contributed by atoms with Crippen molar-refractivity contribution in [2.24, 2.45) is 5.10 Å². The molecular formula is C20H17FN4O3S. The number of halogens is 1. The third-order valence-corrected chi connectivity index (χ3v) is 5.90. The van der Waals surface area contributed by atoms with Gasteiger partial charge in [0.15, 0.2) is 5.17 Å². The molecule has 2 aliphatic heterocycles. The topological polar surface area (TPSA) is 82.1 Å². The summed E-state index contributed by atoms with van der Waals surface area (Å²) in [5, 5.41) is 8.07. The summed E-state index contributed by atoms with van der Waals surface area (Å²) >= 11 is 1.02. The molecule has 1 atom stereocenters. The first-order valence-corrected chi connectivity index (χ1v) is 9.66. The van der Waals surface area contributed by atoms with Crippen LogP contribution in [-0.4, -0.2) is 27.9 Å². The molecule has 4 rings (SSSR count). The minimum atomic E-state index is -1.43. The van der Waals surface area contributed by atoms with Crippen molar-refractivity contribution in [2.75, 3.05) is 4.90 Å². The highest BCUT2D eigenvalue weighted by Crippen LogP contribution is 2.54. The van der Waals surface area contributed by atoms with Crippen molar-refractivity contribution in [2.45, 2.75) is 25.3 Å². The lowest BCUT2D eigenvalue weighted by Gasteiger charge is -2.29. The van der Waals surface area contributed by atoms with Gasteiger partial charge in [0, 0.05) is 19.4 Å². The van der Waals surface area contributed by atoms with Crippen LogP contribution in [0.1, 0.15) is 25.0 Å². The Morgan fingerprint density at radius 1 is 1.14 bits per heavy atom. The zero-order valence-electron chi connectivity index (χ0n) is 15.7. The third kappa shape index (κ3) is 3.07. The number of benzene rings is 2. The van der Waals surface area contributed by atoms with Crippen molar-refractivity contribution < 1.29 is 18.8 Å². The summed E-state index contributed by atoms with van der Waals surface area (Å²) in [6.07, 6.45) is 0. The molecule has 0 aromatic heterocycles. The molecule has 2 aromatic carbocycles. The number of fused-ring (bicyclic) bond motifs is 2. The number of nitrogens with zero attached hydrogens (tertiary/aromatic N) is 3. The van der Waals surface area contributed by atoms with E-state index in [1.54, 1.807) is 41.3 Å². The van der Waals surface area contributed by atoms with Crippen molar-refractivity contribution in [1.29, 1.82) is 0 Å². The van der Waals surface area contributed by atoms with Gasteiger partial charge in [0.1, 0.15) is 5.82 Å². The predicted molar refractivity (Wildman–Crippen MR) is 107 cm³/mol. The number of nitrogens with one attached hydrogen (secondary N) is 1. The van der Waals surface area contributed by atoms with Gasteiger partial charge >= 0.3 is 0 Å². The van der Waals surface area contributed by atoms with Crippen molar-refractivity contribution in [3.05, 3.63) is 65.5 Å². The van der Waals surface area contributed by atoms with Gasteiger partial charge in [-0.25, -0.2) is 4.39 Å². The van der Waals surface area contributed by atoms with E-state index < -0.39 is 10.8 Å². The third-order valence-electron chi connectivity index (χ3n) is 4.66. The van der Waals surface area contributed by atoms with Crippen molar-refractivity contribution in [1.82, 2.24) is 10.3 Å². The van der Waals surface area contributed by atoms with E-state index in [0.29, 0.717) is 11.3 Å². The van der Waals surface area contributed by atoms with E-state index in [2.05, 4.69) is 10.4 Å². The number of hydrogen-bond acceptors (Lipinski definition) is 5. The van der Waals surface area contributed by atoms with Crippen LogP contribution in [0.3, 0.4) is 0 Å². The monoisotopic (exact) mass is 412 g/mol. The summed E-state index contributed by atoms with van der Waals surface area (Å²) in [6, 6.07) is 13.0. The number of amidine groups is 1. The van der Waals surface area contributed by atoms with E-state index in [9.17, 15) is 18.8 Å². The number of carbonyl (C=O) groups excluding carboxylic acids is 3. The second kappa shape index (κ2) is 7.00. The smallest absolute Gasteiger partial charge is 0.271 e. The summed E-state index contributed by atoms with van der Waals surface area (Å²) < 4.78 is 13.3. The lowest BCUT2D eigenvalue weighted by molar-refractivity contribution is -0.139. The minimum Gasteiger partial charge on any atom is -0.304 e. The Morgan fingerprint density at radius 2 is 1.83 bits per heavy atom. The van der Waals surface area contributed by atoms with Gasteiger partial charge in [-0.2, -0.15) is 5.01 Å². The van der Waals surface area contributed by atoms with Gasteiger partial charge in [-0.05, 0) is 35.5 Å². The van der Waals surface area contributed by atoms with E-state index in [1.165, 1.54) is 26.0 Å². The zero-order valence-corrected chi connectivity index (χ0v) is 16.5. The minimum absolute atomic E-state index is 0.180. The fourth-order valence-corrected chi connectivity index (χ4v) is 4.83. The fourth-order valence-electron chi connectivity index (χ4n) is 3.49. The van der Waals surface area contributed by atoms with Gasteiger partial charge in [0.25, 0.3) is 5.91 Å². The number of rotatable bonds is 2. The molecule has 0 bridgehead atoms. The molecule has 7 nitrogen and oxygen atoms in total. The summed E-state index contributed by atoms with van der Waals surface area (Å²) in [6.45, 7) is 2.86. The quantitative estimate of drug-likeness (QED) is 0.822. The fraction of sp³-hybridized carbons (Fsp3) is 0.200. The van der Waals surface area contributed by atoms with Crippen LogP contribution in [0.2, 0.25) is 0 Å². The molecule has 1 unspecified atom stereocenters. The molecule has 0 saturated carbocycles. The highest BCUT2D eigenvalue weighted by Gasteiger charge is 2.61. The Hall–Kier alpha value is -3.20. The lowest BCUT2D eigenvalue weighted by atomic mass is 10.1. The van der Waals surface area contributed by atoms with Crippen LogP contribution in [0.15, 0.2) is 53.6 Å². The molecule has 29 heavy (non-hydrogen) atoms. The first kappa shape index (κ1) is 19.1. The van der Waals surface area contributed by atoms with E-state index >= 15 is 0 Å². The van der Waals surface area contributed by atoms with Crippen LogP contribution in [0.5, 0.6) is 0 Å². The van der Waals surface area contributed by atoms with Crippen molar-refractivity contribution in [3.63, 3.8) is 0 Å². The Kier molecular flexibility index (Phi) is 4.62. The van der Waals surface area contributed by atoms with Gasteiger partial charge in [-0.1, -0.05) is 30.3 Å². The number of carbonyl (C=O) groups is 3. The number of para-hydroxylation sites is 1. The van der Waals surface area contributed by atoms with Gasteiger partial charge in [-0.3, -0.25) is 14.4 Å². The van der Waals surface area contributed by atoms with Crippen LogP contribution >= 0.6 is 11.8 Å². The number of anilines is 1. The maximum atomic E-state index is 13.7. The summed E-state index contributed by atoms with van der Waals surface area (Å²) in [5.41, 5.74) is 1.99. The highest BCUT2D eigenvalue weighted by molar-refractivity contribution is 8.15. The Morgan fingerprint density at radius 3 is 2.48 bits per heavy atom. The molecule has 0 saturated heterocycles. The van der Waals surface area contributed by atoms with Crippen molar-refractivity contribution in [3.8, 4) is 0 Å². The molecule has 0 aliphatic carbocycles. The number of thioether (sulfide) groups is 1. The molecule has 2 aliphatic rings. The maximum absolute atomic E-state index is 13.7. The van der Waals surface area contributed by atoms with E-state index in [1.807, 2.05) is 0 Å². The Bertz CT molecular complexity index is 1060. The Balaban J connectivity index is 1.78. The second-order valence-corrected chi connectivity index (χ2v) is 7.88. The molecule has 1 spiro atoms. The summed E-state index contributed by atoms with van der Waals surface area (Å²) in [5.74, 6) is -1.49. The molecule has 9 heteroatoms. The van der Waals surface area contributed by atoms with Gasteiger partial charge in [0.2, 0.25) is 16.7 Å². The Labute approximate surface area is 170 Å². The SMILES string of the molecule is CC(=O)NC1=NN(C(C)=O)C2(S1)C(=O)N(Cc1ccc(F)cc1)c1ccccc12. The first-order chi connectivity index (χ1) is 13.8. The summed E-state index contributed by atoms with van der Waals surface area (Å²) in [4.78, 5) is 37.7. The van der Waals surface area contributed by atoms with Crippen LogP contribution < -0.4 is 10.2 Å². The zero-order chi connectivity index (χ0) is 20.8. The maximum Gasteiger partial charge on any atom is 0.271 e. The molecule has 148 valence electrons. The second-order valence-electron chi connectivity index (χ2n) is 6.70. The van der Waals surface area contributed by atoms with Crippen LogP contribution in [0, 0.1) is 5.82 Å². The van der Waals surface area contributed by atoms with Crippen LogP contribution in [0.25, 0.3) is 0 Å². The first-order valence-electron chi connectivity index (χ1n) is 8.85. The molecule has 0 fully saturated rings. The standard InChI is InChI=1S/C20H17FN4O3S/c1-12(26)22-19-23-25(13(2)27)20(29-19)16-5-3-4-6-17(16)24(18(20)28)11-14-7-9-15(21)10-8-14/h3-10H,11H2,1-2H3,(H,22,23,26). The number of hydrogen-bond donors (Lipinski definition) is 1. The van der Waals surface area contributed by atoms with E-state index in [-0.39, 0.29) is 29.3 Å². The molecule has 2 aromatic rings. The molecule has 3 amide bonds. The van der Waals surface area contributed by atoms with Gasteiger partial charge in [-0.15, -0.1) is 5.10 Å². The lowest BCUT2D eigenvalue weighted by Crippen LogP contribution is -2.48.